The van der Waals surface area contributed by atoms with Crippen LogP contribution in [0.5, 0.6) is 5.75 Å². The van der Waals surface area contributed by atoms with Gasteiger partial charge in [-0.2, -0.15) is 0 Å². The molecule has 3 nitrogen and oxygen atoms in total. The average Bonchev–Trinajstić information content (AvgIpc) is 3.14. The van der Waals surface area contributed by atoms with Gasteiger partial charge in [-0.1, -0.05) is 24.6 Å². The minimum Gasteiger partial charge on any atom is -0.493 e. The Bertz CT molecular complexity index is 435. The monoisotopic (exact) mass is 259 g/mol. The lowest BCUT2D eigenvalue weighted by Gasteiger charge is -2.25. The van der Waals surface area contributed by atoms with Crippen molar-refractivity contribution in [1.82, 2.24) is 5.32 Å². The number of hydrogen-bond donors (Lipinski definition) is 1. The third-order valence-electron chi connectivity index (χ3n) is 4.36. The number of nitrogens with one attached hydrogen (secondary N) is 1. The molecule has 2 saturated carbocycles. The van der Waals surface area contributed by atoms with E-state index in [4.69, 9.17) is 4.74 Å². The zero-order valence-corrected chi connectivity index (χ0v) is 11.2. The molecule has 0 radical (unpaired) electrons. The molecule has 1 aromatic rings. The molecule has 1 amide bonds. The first kappa shape index (κ1) is 12.5. The summed E-state index contributed by atoms with van der Waals surface area (Å²) in [6, 6.07) is 9.89. The summed E-state index contributed by atoms with van der Waals surface area (Å²) in [6.07, 6.45) is 5.66. The maximum absolute atomic E-state index is 11.8. The highest BCUT2D eigenvalue weighted by molar-refractivity contribution is 5.79. The molecule has 0 spiro atoms. The van der Waals surface area contributed by atoms with E-state index in [9.17, 15) is 4.79 Å². The molecule has 3 rings (SSSR count). The largest absolute Gasteiger partial charge is 0.493 e. The number of ether oxygens (including phenoxy) is 1. The first-order valence-electron chi connectivity index (χ1n) is 7.23. The molecule has 0 unspecified atom stereocenters. The van der Waals surface area contributed by atoms with Crippen LogP contribution in [0.15, 0.2) is 30.3 Å². The molecule has 0 aromatic heterocycles. The van der Waals surface area contributed by atoms with E-state index in [2.05, 4.69) is 5.32 Å². The number of carbonyl (C=O) groups is 1. The Kier molecular flexibility index (Phi) is 3.45. The van der Waals surface area contributed by atoms with Crippen LogP contribution in [-0.2, 0) is 4.79 Å². The Balaban J connectivity index is 1.43. The molecule has 0 saturated heterocycles. The third-order valence-corrected chi connectivity index (χ3v) is 4.36. The molecule has 2 fully saturated rings. The highest BCUT2D eigenvalue weighted by Gasteiger charge is 2.44. The number of hydrogen-bond acceptors (Lipinski definition) is 2. The van der Waals surface area contributed by atoms with Gasteiger partial charge in [0.25, 0.3) is 0 Å². The Labute approximate surface area is 114 Å². The molecule has 0 aliphatic heterocycles. The maximum atomic E-state index is 11.8. The SMILES string of the molecule is O=C(NCC1(COc2ccccc2)CC1)C1CCC1. The van der Waals surface area contributed by atoms with Crippen molar-refractivity contribution >= 4 is 5.91 Å². The second-order valence-electron chi connectivity index (χ2n) is 5.95. The van der Waals surface area contributed by atoms with Gasteiger partial charge in [-0.3, -0.25) is 4.79 Å². The van der Waals surface area contributed by atoms with E-state index in [0.29, 0.717) is 6.61 Å². The van der Waals surface area contributed by atoms with Gasteiger partial charge in [0.1, 0.15) is 5.75 Å². The minimum absolute atomic E-state index is 0.190. The smallest absolute Gasteiger partial charge is 0.223 e. The number of carbonyl (C=O) groups excluding carboxylic acids is 1. The number of amides is 1. The van der Waals surface area contributed by atoms with Gasteiger partial charge in [0.05, 0.1) is 6.61 Å². The van der Waals surface area contributed by atoms with Crippen molar-refractivity contribution in [2.24, 2.45) is 11.3 Å². The van der Waals surface area contributed by atoms with E-state index in [1.165, 1.54) is 6.42 Å². The van der Waals surface area contributed by atoms with Gasteiger partial charge in [0.2, 0.25) is 5.91 Å². The summed E-state index contributed by atoms with van der Waals surface area (Å²) in [4.78, 5) is 11.8. The Morgan fingerprint density at radius 3 is 2.58 bits per heavy atom. The highest BCUT2D eigenvalue weighted by atomic mass is 16.5. The summed E-state index contributed by atoms with van der Waals surface area (Å²) in [5.74, 6) is 1.45. The van der Waals surface area contributed by atoms with E-state index in [-0.39, 0.29) is 17.2 Å². The standard InChI is InChI=1S/C16H21NO2/c18-15(13-5-4-6-13)17-11-16(9-10-16)12-19-14-7-2-1-3-8-14/h1-3,7-8,13H,4-6,9-12H2,(H,17,18). The highest BCUT2D eigenvalue weighted by Crippen LogP contribution is 2.45. The molecule has 0 bridgehead atoms. The quantitative estimate of drug-likeness (QED) is 0.853. The molecule has 0 atom stereocenters. The minimum atomic E-state index is 0.190. The van der Waals surface area contributed by atoms with Crippen molar-refractivity contribution in [3.8, 4) is 5.75 Å². The van der Waals surface area contributed by atoms with E-state index in [1.54, 1.807) is 0 Å². The van der Waals surface area contributed by atoms with E-state index in [0.717, 1.165) is 38.0 Å². The summed E-state index contributed by atoms with van der Waals surface area (Å²) in [7, 11) is 0. The number of rotatable bonds is 6. The van der Waals surface area contributed by atoms with Gasteiger partial charge < -0.3 is 10.1 Å². The molecule has 102 valence electrons. The van der Waals surface area contributed by atoms with Gasteiger partial charge in [0, 0.05) is 17.9 Å². The van der Waals surface area contributed by atoms with Crippen LogP contribution in [0.3, 0.4) is 0 Å². The van der Waals surface area contributed by atoms with E-state index < -0.39 is 0 Å². The van der Waals surface area contributed by atoms with Crippen molar-refractivity contribution in [3.63, 3.8) is 0 Å². The predicted molar refractivity (Wildman–Crippen MR) is 74.0 cm³/mol. The maximum Gasteiger partial charge on any atom is 0.223 e. The molecule has 19 heavy (non-hydrogen) atoms. The van der Waals surface area contributed by atoms with Crippen LogP contribution < -0.4 is 10.1 Å². The van der Waals surface area contributed by atoms with Gasteiger partial charge in [-0.25, -0.2) is 0 Å². The molecule has 2 aliphatic rings. The zero-order valence-electron chi connectivity index (χ0n) is 11.2. The summed E-state index contributed by atoms with van der Waals surface area (Å²) in [6.45, 7) is 1.48. The van der Waals surface area contributed by atoms with Crippen LogP contribution in [-0.4, -0.2) is 19.1 Å². The Hall–Kier alpha value is -1.51. The lowest BCUT2D eigenvalue weighted by atomic mass is 9.84. The predicted octanol–water partition coefficient (Wildman–Crippen LogP) is 2.76. The number of para-hydroxylation sites is 1. The summed E-state index contributed by atoms with van der Waals surface area (Å²) in [5.41, 5.74) is 0.190. The fourth-order valence-electron chi connectivity index (χ4n) is 2.39. The molecule has 0 heterocycles. The van der Waals surface area contributed by atoms with E-state index >= 15 is 0 Å². The molecule has 2 aliphatic carbocycles. The van der Waals surface area contributed by atoms with Crippen molar-refractivity contribution in [3.05, 3.63) is 30.3 Å². The van der Waals surface area contributed by atoms with Crippen LogP contribution in [0.1, 0.15) is 32.1 Å². The van der Waals surface area contributed by atoms with Crippen molar-refractivity contribution in [1.29, 1.82) is 0 Å². The van der Waals surface area contributed by atoms with Crippen LogP contribution in [0, 0.1) is 11.3 Å². The molecule has 3 heteroatoms. The van der Waals surface area contributed by atoms with Crippen LogP contribution in [0.4, 0.5) is 0 Å². The zero-order chi connectivity index (χ0) is 13.1. The van der Waals surface area contributed by atoms with Crippen LogP contribution in [0.2, 0.25) is 0 Å². The normalized spacial score (nSPS) is 20.4. The average molecular weight is 259 g/mol. The Morgan fingerprint density at radius 2 is 2.00 bits per heavy atom. The fourth-order valence-corrected chi connectivity index (χ4v) is 2.39. The first-order valence-corrected chi connectivity index (χ1v) is 7.23. The molecule has 1 aromatic carbocycles. The molecule has 1 N–H and O–H groups in total. The van der Waals surface area contributed by atoms with Gasteiger partial charge in [0.15, 0.2) is 0 Å². The lowest BCUT2D eigenvalue weighted by molar-refractivity contribution is -0.127. The second-order valence-corrected chi connectivity index (χ2v) is 5.95. The number of benzene rings is 1. The van der Waals surface area contributed by atoms with Crippen LogP contribution in [0.25, 0.3) is 0 Å². The second kappa shape index (κ2) is 5.24. The van der Waals surface area contributed by atoms with Crippen molar-refractivity contribution in [2.75, 3.05) is 13.2 Å². The van der Waals surface area contributed by atoms with Crippen LogP contribution >= 0.6 is 0 Å². The van der Waals surface area contributed by atoms with E-state index in [1.807, 2.05) is 30.3 Å². The molecular formula is C16H21NO2. The first-order chi connectivity index (χ1) is 9.27. The van der Waals surface area contributed by atoms with Gasteiger partial charge in [-0.05, 0) is 37.8 Å². The molecular weight excluding hydrogens is 238 g/mol. The van der Waals surface area contributed by atoms with Crippen molar-refractivity contribution in [2.45, 2.75) is 32.1 Å². The summed E-state index contributed by atoms with van der Waals surface area (Å²) < 4.78 is 5.82. The topological polar surface area (TPSA) is 38.3 Å². The fraction of sp³-hybridized carbons (Fsp3) is 0.562. The Morgan fingerprint density at radius 1 is 1.26 bits per heavy atom. The summed E-state index contributed by atoms with van der Waals surface area (Å²) in [5, 5.41) is 3.10. The summed E-state index contributed by atoms with van der Waals surface area (Å²) >= 11 is 0. The van der Waals surface area contributed by atoms with Gasteiger partial charge in [-0.15, -0.1) is 0 Å². The lowest BCUT2D eigenvalue weighted by Crippen LogP contribution is -2.39. The van der Waals surface area contributed by atoms with Gasteiger partial charge >= 0.3 is 0 Å². The van der Waals surface area contributed by atoms with Crippen molar-refractivity contribution < 1.29 is 9.53 Å². The third kappa shape index (κ3) is 3.09.